The summed E-state index contributed by atoms with van der Waals surface area (Å²) in [5.41, 5.74) is 5.83. The Bertz CT molecular complexity index is 500. The number of nitrogens with one attached hydrogen (secondary N) is 1. The van der Waals surface area contributed by atoms with Gasteiger partial charge in [-0.1, -0.05) is 0 Å². The van der Waals surface area contributed by atoms with Crippen molar-refractivity contribution in [2.24, 2.45) is 10.9 Å². The van der Waals surface area contributed by atoms with E-state index in [0.717, 1.165) is 5.75 Å². The minimum Gasteiger partial charge on any atom is -0.330 e. The van der Waals surface area contributed by atoms with E-state index in [1.807, 2.05) is 0 Å². The lowest BCUT2D eigenvalue weighted by Gasteiger charge is -2.05. The largest absolute Gasteiger partial charge is 0.330 e. The van der Waals surface area contributed by atoms with Gasteiger partial charge >= 0.3 is 0 Å². The summed E-state index contributed by atoms with van der Waals surface area (Å²) in [4.78, 5) is 11.5. The molecule has 0 aliphatic carbocycles. The number of anilines is 1. The minimum atomic E-state index is -3.70. The number of carbonyl (C=O) groups excluding carboxylic acids is 1. The molecule has 0 fully saturated rings. The van der Waals surface area contributed by atoms with Crippen LogP contribution in [0.4, 0.5) is 5.69 Å². The number of amides is 1. The van der Waals surface area contributed by atoms with E-state index in [9.17, 15) is 13.2 Å². The van der Waals surface area contributed by atoms with E-state index >= 15 is 0 Å². The van der Waals surface area contributed by atoms with Gasteiger partial charge in [0, 0.05) is 18.0 Å². The number of benzene rings is 1. The number of nitrogens with two attached hydrogens (primary N) is 2. The number of hydrogen-bond donors (Lipinski definition) is 3. The zero-order valence-electron chi connectivity index (χ0n) is 9.63. The first-order valence-electron chi connectivity index (χ1n) is 5.14. The number of hydrogen-bond acceptors (Lipinski definition) is 5. The lowest BCUT2D eigenvalue weighted by atomic mass is 10.3. The van der Waals surface area contributed by atoms with E-state index in [-0.39, 0.29) is 10.8 Å². The van der Waals surface area contributed by atoms with Crippen LogP contribution in [0, 0.1) is 0 Å². The Hall–Kier alpha value is -1.09. The number of rotatable bonds is 6. The van der Waals surface area contributed by atoms with Crippen molar-refractivity contribution in [1.29, 1.82) is 0 Å². The van der Waals surface area contributed by atoms with Crippen molar-refractivity contribution in [3.63, 3.8) is 0 Å². The summed E-state index contributed by atoms with van der Waals surface area (Å²) in [6, 6.07) is 5.67. The van der Waals surface area contributed by atoms with Crippen LogP contribution < -0.4 is 16.2 Å². The standard InChI is InChI=1S/C10H15N3O3S2/c11-5-6-17-7-10(14)13-8-1-3-9(4-2-8)18(12,15)16/h1-4H,5-7,11H2,(H,13,14)(H2,12,15,16). The maximum absolute atomic E-state index is 11.5. The SMILES string of the molecule is NCCSCC(=O)Nc1ccc(S(N)(=O)=O)cc1. The average Bonchev–Trinajstić information content (AvgIpc) is 2.29. The third kappa shape index (κ3) is 5.05. The fourth-order valence-electron chi connectivity index (χ4n) is 1.17. The highest BCUT2D eigenvalue weighted by Gasteiger charge is 2.07. The third-order valence-corrected chi connectivity index (χ3v) is 3.88. The molecule has 1 amide bonds. The van der Waals surface area contributed by atoms with Crippen molar-refractivity contribution in [3.05, 3.63) is 24.3 Å². The smallest absolute Gasteiger partial charge is 0.238 e. The van der Waals surface area contributed by atoms with Crippen LogP contribution in [0.15, 0.2) is 29.2 Å². The predicted octanol–water partition coefficient (Wildman–Crippen LogP) is -0.0356. The highest BCUT2D eigenvalue weighted by Crippen LogP contribution is 2.13. The maximum atomic E-state index is 11.5. The minimum absolute atomic E-state index is 0.0120. The van der Waals surface area contributed by atoms with E-state index in [2.05, 4.69) is 5.32 Å². The zero-order chi connectivity index (χ0) is 13.6. The van der Waals surface area contributed by atoms with E-state index in [4.69, 9.17) is 10.9 Å². The molecule has 0 aliphatic rings. The predicted molar refractivity (Wildman–Crippen MR) is 72.8 cm³/mol. The number of sulfonamides is 1. The van der Waals surface area contributed by atoms with Crippen LogP contribution in [0.5, 0.6) is 0 Å². The fourth-order valence-corrected chi connectivity index (χ4v) is 2.26. The summed E-state index contributed by atoms with van der Waals surface area (Å²) >= 11 is 1.44. The second-order valence-electron chi connectivity index (χ2n) is 3.46. The average molecular weight is 289 g/mol. The molecule has 1 rings (SSSR count). The Morgan fingerprint density at radius 1 is 1.28 bits per heavy atom. The molecule has 0 aliphatic heterocycles. The quantitative estimate of drug-likeness (QED) is 0.636. The van der Waals surface area contributed by atoms with E-state index < -0.39 is 10.0 Å². The van der Waals surface area contributed by atoms with Crippen LogP contribution in [0.3, 0.4) is 0 Å². The molecule has 100 valence electrons. The molecule has 18 heavy (non-hydrogen) atoms. The molecule has 8 heteroatoms. The number of primary sulfonamides is 1. The fraction of sp³-hybridized carbons (Fsp3) is 0.300. The number of carbonyl (C=O) groups is 1. The van der Waals surface area contributed by atoms with Crippen LogP contribution in [-0.2, 0) is 14.8 Å². The number of thioether (sulfide) groups is 1. The molecule has 0 unspecified atom stereocenters. The van der Waals surface area contributed by atoms with Crippen LogP contribution in [-0.4, -0.2) is 32.4 Å². The van der Waals surface area contributed by atoms with Crippen molar-refractivity contribution in [2.75, 3.05) is 23.4 Å². The van der Waals surface area contributed by atoms with Gasteiger partial charge in [-0.25, -0.2) is 13.6 Å². The van der Waals surface area contributed by atoms with E-state index in [1.54, 1.807) is 0 Å². The molecule has 0 saturated heterocycles. The van der Waals surface area contributed by atoms with Gasteiger partial charge in [-0.3, -0.25) is 4.79 Å². The first kappa shape index (κ1) is 15.0. The summed E-state index contributed by atoms with van der Waals surface area (Å²) in [5.74, 6) is 0.878. The van der Waals surface area contributed by atoms with E-state index in [1.165, 1.54) is 36.0 Å². The summed E-state index contributed by atoms with van der Waals surface area (Å²) in [6.45, 7) is 0.529. The van der Waals surface area contributed by atoms with Crippen molar-refractivity contribution in [2.45, 2.75) is 4.90 Å². The Balaban J connectivity index is 2.56. The van der Waals surface area contributed by atoms with Gasteiger partial charge in [0.05, 0.1) is 10.6 Å². The molecule has 1 aromatic carbocycles. The zero-order valence-corrected chi connectivity index (χ0v) is 11.3. The Labute approximate surface area is 110 Å². The van der Waals surface area contributed by atoms with Crippen LogP contribution >= 0.6 is 11.8 Å². The molecule has 0 heterocycles. The van der Waals surface area contributed by atoms with Gasteiger partial charge in [0.2, 0.25) is 15.9 Å². The molecular formula is C10H15N3O3S2. The second kappa shape index (κ2) is 6.74. The Morgan fingerprint density at radius 3 is 2.39 bits per heavy atom. The lowest BCUT2D eigenvalue weighted by Crippen LogP contribution is -2.16. The van der Waals surface area contributed by atoms with Gasteiger partial charge in [0.15, 0.2) is 0 Å². The summed E-state index contributed by atoms with van der Waals surface area (Å²) in [5, 5.41) is 7.60. The van der Waals surface area contributed by atoms with Gasteiger partial charge in [-0.15, -0.1) is 0 Å². The molecule has 6 nitrogen and oxygen atoms in total. The van der Waals surface area contributed by atoms with Gasteiger partial charge in [0.25, 0.3) is 0 Å². The van der Waals surface area contributed by atoms with Crippen molar-refractivity contribution < 1.29 is 13.2 Å². The monoisotopic (exact) mass is 289 g/mol. The lowest BCUT2D eigenvalue weighted by molar-refractivity contribution is -0.113. The Kier molecular flexibility index (Phi) is 5.60. The van der Waals surface area contributed by atoms with Crippen molar-refractivity contribution in [1.82, 2.24) is 0 Å². The molecule has 0 radical (unpaired) electrons. The van der Waals surface area contributed by atoms with Crippen molar-refractivity contribution >= 4 is 33.4 Å². The first-order valence-corrected chi connectivity index (χ1v) is 7.84. The van der Waals surface area contributed by atoms with Gasteiger partial charge in [-0.05, 0) is 24.3 Å². The van der Waals surface area contributed by atoms with Gasteiger partial charge in [0.1, 0.15) is 0 Å². The molecule has 0 saturated carbocycles. The van der Waals surface area contributed by atoms with Crippen LogP contribution in [0.1, 0.15) is 0 Å². The second-order valence-corrected chi connectivity index (χ2v) is 6.13. The molecule has 1 aromatic rings. The molecule has 0 bridgehead atoms. The van der Waals surface area contributed by atoms with Gasteiger partial charge < -0.3 is 11.1 Å². The molecule has 0 aromatic heterocycles. The Morgan fingerprint density at radius 2 is 1.89 bits per heavy atom. The summed E-state index contributed by atoms with van der Waals surface area (Å²) in [7, 11) is -3.70. The molecule has 0 atom stereocenters. The third-order valence-electron chi connectivity index (χ3n) is 1.96. The molecular weight excluding hydrogens is 274 g/mol. The van der Waals surface area contributed by atoms with Crippen molar-refractivity contribution in [3.8, 4) is 0 Å². The highest BCUT2D eigenvalue weighted by atomic mass is 32.2. The summed E-state index contributed by atoms with van der Waals surface area (Å²) in [6.07, 6.45) is 0. The topological polar surface area (TPSA) is 115 Å². The first-order chi connectivity index (χ1) is 8.43. The van der Waals surface area contributed by atoms with Crippen LogP contribution in [0.25, 0.3) is 0 Å². The molecule has 5 N–H and O–H groups in total. The molecule has 0 spiro atoms. The maximum Gasteiger partial charge on any atom is 0.238 e. The van der Waals surface area contributed by atoms with Crippen LogP contribution in [0.2, 0.25) is 0 Å². The summed E-state index contributed by atoms with van der Waals surface area (Å²) < 4.78 is 22.0. The van der Waals surface area contributed by atoms with Gasteiger partial charge in [-0.2, -0.15) is 11.8 Å². The van der Waals surface area contributed by atoms with E-state index in [0.29, 0.717) is 18.0 Å². The highest BCUT2D eigenvalue weighted by molar-refractivity contribution is 7.99. The normalized spacial score (nSPS) is 11.2.